The van der Waals surface area contributed by atoms with Gasteiger partial charge in [-0.3, -0.25) is 14.3 Å². The van der Waals surface area contributed by atoms with Gasteiger partial charge < -0.3 is 15.0 Å². The van der Waals surface area contributed by atoms with Crippen molar-refractivity contribution in [2.24, 2.45) is 0 Å². The molecule has 3 aromatic carbocycles. The number of hydrogen-bond donors (Lipinski definition) is 2. The summed E-state index contributed by atoms with van der Waals surface area (Å²) < 4.78 is 48.1. The molecule has 0 fully saturated rings. The van der Waals surface area contributed by atoms with E-state index in [-0.39, 0.29) is 33.5 Å². The van der Waals surface area contributed by atoms with Crippen LogP contribution >= 0.6 is 0 Å². The maximum absolute atomic E-state index is 14.2. The standard InChI is InChI=1S/C23H20FN3O5S/c1-3-27-20-6-4-5-7-22(20)32-21-11-8-15(12-17(21)23(27)29)26-33(30,31)16-9-10-19(18(24)13-16)25-14(2)28/h4-13,26H,3H2,1-2H3,(H,25,28). The van der Waals surface area contributed by atoms with E-state index in [1.807, 2.05) is 6.92 Å². The molecule has 0 saturated carbocycles. The van der Waals surface area contributed by atoms with E-state index in [1.165, 1.54) is 36.1 Å². The van der Waals surface area contributed by atoms with Crippen LogP contribution in [0.1, 0.15) is 24.2 Å². The van der Waals surface area contributed by atoms with Gasteiger partial charge >= 0.3 is 0 Å². The molecule has 10 heteroatoms. The quantitative estimate of drug-likeness (QED) is 0.578. The maximum Gasteiger partial charge on any atom is 0.262 e. The van der Waals surface area contributed by atoms with E-state index in [0.29, 0.717) is 18.0 Å². The summed E-state index contributed by atoms with van der Waals surface area (Å²) in [5.41, 5.74) is 0.769. The number of anilines is 3. The Balaban J connectivity index is 1.66. The molecule has 33 heavy (non-hydrogen) atoms. The van der Waals surface area contributed by atoms with E-state index in [4.69, 9.17) is 4.74 Å². The summed E-state index contributed by atoms with van der Waals surface area (Å²) in [6.07, 6.45) is 0. The Morgan fingerprint density at radius 2 is 1.82 bits per heavy atom. The Morgan fingerprint density at radius 3 is 2.52 bits per heavy atom. The fourth-order valence-electron chi connectivity index (χ4n) is 3.47. The number of sulfonamides is 1. The van der Waals surface area contributed by atoms with Crippen molar-refractivity contribution in [2.75, 3.05) is 21.5 Å². The van der Waals surface area contributed by atoms with Crippen molar-refractivity contribution in [3.05, 3.63) is 72.0 Å². The van der Waals surface area contributed by atoms with Gasteiger partial charge in [0.25, 0.3) is 15.9 Å². The highest BCUT2D eigenvalue weighted by Crippen LogP contribution is 2.39. The minimum Gasteiger partial charge on any atom is -0.454 e. The predicted molar refractivity (Wildman–Crippen MR) is 122 cm³/mol. The highest BCUT2D eigenvalue weighted by atomic mass is 32.2. The highest BCUT2D eigenvalue weighted by Gasteiger charge is 2.28. The molecule has 1 aliphatic heterocycles. The summed E-state index contributed by atoms with van der Waals surface area (Å²) in [7, 11) is -4.18. The van der Waals surface area contributed by atoms with Crippen LogP contribution < -0.4 is 19.7 Å². The van der Waals surface area contributed by atoms with Gasteiger partial charge in [-0.25, -0.2) is 12.8 Å². The van der Waals surface area contributed by atoms with Crippen molar-refractivity contribution >= 4 is 38.9 Å². The number of hydrogen-bond acceptors (Lipinski definition) is 5. The van der Waals surface area contributed by atoms with E-state index in [1.54, 1.807) is 24.3 Å². The lowest BCUT2D eigenvalue weighted by molar-refractivity contribution is -0.114. The van der Waals surface area contributed by atoms with Gasteiger partial charge in [0.2, 0.25) is 5.91 Å². The van der Waals surface area contributed by atoms with Crippen LogP contribution in [0.4, 0.5) is 21.5 Å². The summed E-state index contributed by atoms with van der Waals surface area (Å²) >= 11 is 0. The number of benzene rings is 3. The molecule has 2 amide bonds. The number of carbonyl (C=O) groups is 2. The second kappa shape index (κ2) is 8.55. The van der Waals surface area contributed by atoms with Crippen molar-refractivity contribution in [1.82, 2.24) is 0 Å². The molecule has 3 aromatic rings. The third-order valence-electron chi connectivity index (χ3n) is 4.96. The molecule has 0 atom stereocenters. The smallest absolute Gasteiger partial charge is 0.262 e. The van der Waals surface area contributed by atoms with Crippen molar-refractivity contribution < 1.29 is 27.1 Å². The largest absolute Gasteiger partial charge is 0.454 e. The Morgan fingerprint density at radius 1 is 1.06 bits per heavy atom. The van der Waals surface area contributed by atoms with Gasteiger partial charge in [-0.15, -0.1) is 0 Å². The second-order valence-corrected chi connectivity index (χ2v) is 8.94. The van der Waals surface area contributed by atoms with Gasteiger partial charge in [0.1, 0.15) is 11.6 Å². The third kappa shape index (κ3) is 4.37. The molecule has 8 nitrogen and oxygen atoms in total. The molecule has 0 spiro atoms. The highest BCUT2D eigenvalue weighted by molar-refractivity contribution is 7.92. The van der Waals surface area contributed by atoms with E-state index in [9.17, 15) is 22.4 Å². The second-order valence-electron chi connectivity index (χ2n) is 7.26. The average molecular weight is 469 g/mol. The number of nitrogens with one attached hydrogen (secondary N) is 2. The third-order valence-corrected chi connectivity index (χ3v) is 6.34. The molecular weight excluding hydrogens is 449 g/mol. The Bertz CT molecular complexity index is 1370. The van der Waals surface area contributed by atoms with Crippen molar-refractivity contribution in [1.29, 1.82) is 0 Å². The number of rotatable bonds is 5. The summed E-state index contributed by atoms with van der Waals surface area (Å²) in [5, 5.41) is 2.28. The summed E-state index contributed by atoms with van der Waals surface area (Å²) in [4.78, 5) is 25.5. The van der Waals surface area contributed by atoms with Gasteiger partial charge in [-0.2, -0.15) is 0 Å². The van der Waals surface area contributed by atoms with Crippen LogP contribution in [0.25, 0.3) is 0 Å². The lowest BCUT2D eigenvalue weighted by Gasteiger charge is -2.20. The topological polar surface area (TPSA) is 105 Å². The summed E-state index contributed by atoms with van der Waals surface area (Å²) in [5.74, 6) is -0.923. The molecule has 170 valence electrons. The van der Waals surface area contributed by atoms with Gasteiger partial charge in [0.15, 0.2) is 5.75 Å². The van der Waals surface area contributed by atoms with E-state index in [2.05, 4.69) is 10.0 Å². The number of amides is 2. The number of ether oxygens (including phenoxy) is 1. The molecule has 0 saturated heterocycles. The Hall–Kier alpha value is -3.92. The zero-order valence-corrected chi connectivity index (χ0v) is 18.6. The summed E-state index contributed by atoms with van der Waals surface area (Å²) in [6.45, 7) is 3.42. The first-order chi connectivity index (χ1) is 15.7. The maximum atomic E-state index is 14.2. The van der Waals surface area contributed by atoms with Crippen molar-refractivity contribution in [3.8, 4) is 11.5 Å². The molecule has 1 heterocycles. The number of halogens is 1. The molecular formula is C23H20FN3O5S. The van der Waals surface area contributed by atoms with E-state index < -0.39 is 21.7 Å². The van der Waals surface area contributed by atoms with Crippen LogP contribution in [0.15, 0.2) is 65.6 Å². The fourth-order valence-corrected chi connectivity index (χ4v) is 4.53. The molecule has 2 N–H and O–H groups in total. The monoisotopic (exact) mass is 469 g/mol. The number of carbonyl (C=O) groups excluding carboxylic acids is 2. The normalized spacial score (nSPS) is 12.8. The van der Waals surface area contributed by atoms with Gasteiger partial charge in [-0.05, 0) is 55.5 Å². The minimum absolute atomic E-state index is 0.110. The van der Waals surface area contributed by atoms with Gasteiger partial charge in [-0.1, -0.05) is 12.1 Å². The Kier molecular flexibility index (Phi) is 5.77. The molecule has 0 bridgehead atoms. The number of nitrogens with zero attached hydrogens (tertiary/aromatic N) is 1. The summed E-state index contributed by atoms with van der Waals surface area (Å²) in [6, 6.07) is 14.6. The molecule has 0 radical (unpaired) electrons. The van der Waals surface area contributed by atoms with Gasteiger partial charge in [0.05, 0.1) is 21.8 Å². The Labute approximate surface area is 190 Å². The molecule has 1 aliphatic rings. The van der Waals surface area contributed by atoms with Crippen molar-refractivity contribution in [2.45, 2.75) is 18.7 Å². The zero-order valence-electron chi connectivity index (χ0n) is 17.8. The van der Waals surface area contributed by atoms with E-state index in [0.717, 1.165) is 12.1 Å². The van der Waals surface area contributed by atoms with Gasteiger partial charge in [0, 0.05) is 19.2 Å². The number of fused-ring (bicyclic) bond motifs is 2. The molecule has 0 aliphatic carbocycles. The van der Waals surface area contributed by atoms with E-state index >= 15 is 0 Å². The zero-order chi connectivity index (χ0) is 23.8. The van der Waals surface area contributed by atoms with Crippen LogP contribution in [-0.2, 0) is 14.8 Å². The predicted octanol–water partition coefficient (Wildman–Crippen LogP) is 4.36. The van der Waals surface area contributed by atoms with Crippen LogP contribution in [0.2, 0.25) is 0 Å². The van der Waals surface area contributed by atoms with Crippen LogP contribution in [0, 0.1) is 5.82 Å². The fraction of sp³-hybridized carbons (Fsp3) is 0.130. The first kappa shape index (κ1) is 22.3. The van der Waals surface area contributed by atoms with Crippen LogP contribution in [0.3, 0.4) is 0 Å². The molecule has 4 rings (SSSR count). The van der Waals surface area contributed by atoms with Crippen molar-refractivity contribution in [3.63, 3.8) is 0 Å². The molecule has 0 aromatic heterocycles. The van der Waals surface area contributed by atoms with Crippen LogP contribution in [-0.4, -0.2) is 26.8 Å². The SMILES string of the molecule is CCN1C(=O)c2cc(NS(=O)(=O)c3ccc(NC(C)=O)c(F)c3)ccc2Oc2ccccc21. The number of para-hydroxylation sites is 2. The molecule has 0 unspecified atom stereocenters. The first-order valence-corrected chi connectivity index (χ1v) is 11.5. The first-order valence-electron chi connectivity index (χ1n) is 10.0. The lowest BCUT2D eigenvalue weighted by atomic mass is 10.1. The van der Waals surface area contributed by atoms with Crippen LogP contribution in [0.5, 0.6) is 11.5 Å². The average Bonchev–Trinajstić information content (AvgIpc) is 2.88. The lowest BCUT2D eigenvalue weighted by Crippen LogP contribution is -2.29. The minimum atomic E-state index is -4.18.